The highest BCUT2D eigenvalue weighted by atomic mass is 35.5. The van der Waals surface area contributed by atoms with Crippen LogP contribution in [0.4, 0.5) is 0 Å². The number of rotatable bonds is 9. The fourth-order valence-electron chi connectivity index (χ4n) is 4.43. The lowest BCUT2D eigenvalue weighted by Gasteiger charge is -2.25. The Bertz CT molecular complexity index is 1620. The van der Waals surface area contributed by atoms with E-state index in [0.29, 0.717) is 23.0 Å². The molecule has 0 radical (unpaired) electrons. The Kier molecular flexibility index (Phi) is 8.12. The van der Waals surface area contributed by atoms with E-state index in [1.54, 1.807) is 17.6 Å². The SMILES string of the molecule is COC(=O)[C@H](Cc1ccc(OCc2ccccc2)cc1)N(C)C(=O)c1cn2cc(-c3ccc(Cl)cc3)ccc2n1. The van der Waals surface area contributed by atoms with E-state index in [2.05, 4.69) is 4.98 Å². The minimum Gasteiger partial charge on any atom is -0.489 e. The zero-order valence-corrected chi connectivity index (χ0v) is 22.9. The molecule has 0 unspecified atom stereocenters. The van der Waals surface area contributed by atoms with Gasteiger partial charge >= 0.3 is 5.97 Å². The fraction of sp³-hybridized carbons (Fsp3) is 0.156. The number of imidazole rings is 1. The highest BCUT2D eigenvalue weighted by Crippen LogP contribution is 2.23. The summed E-state index contributed by atoms with van der Waals surface area (Å²) < 4.78 is 12.7. The van der Waals surface area contributed by atoms with E-state index < -0.39 is 12.0 Å². The maximum Gasteiger partial charge on any atom is 0.328 e. The number of methoxy groups -OCH3 is 1. The first-order valence-corrected chi connectivity index (χ1v) is 13.1. The van der Waals surface area contributed by atoms with Crippen molar-refractivity contribution < 1.29 is 19.1 Å². The number of halogens is 1. The van der Waals surface area contributed by atoms with E-state index in [-0.39, 0.29) is 18.0 Å². The lowest BCUT2D eigenvalue weighted by atomic mass is 10.0. The molecule has 8 heteroatoms. The highest BCUT2D eigenvalue weighted by Gasteiger charge is 2.30. The van der Waals surface area contributed by atoms with E-state index in [9.17, 15) is 9.59 Å². The molecular weight excluding hydrogens is 526 g/mol. The molecule has 3 aromatic carbocycles. The molecule has 0 fully saturated rings. The van der Waals surface area contributed by atoms with E-state index in [1.165, 1.54) is 12.0 Å². The van der Waals surface area contributed by atoms with Gasteiger partial charge in [-0.25, -0.2) is 9.78 Å². The van der Waals surface area contributed by atoms with Gasteiger partial charge < -0.3 is 18.8 Å². The first-order valence-electron chi connectivity index (χ1n) is 12.8. The third-order valence-corrected chi connectivity index (χ3v) is 6.96. The summed E-state index contributed by atoms with van der Waals surface area (Å²) in [6.45, 7) is 0.461. The minimum atomic E-state index is -0.831. The van der Waals surface area contributed by atoms with Crippen molar-refractivity contribution in [3.05, 3.63) is 125 Å². The van der Waals surface area contributed by atoms with Gasteiger partial charge in [0.25, 0.3) is 5.91 Å². The maximum atomic E-state index is 13.4. The number of hydrogen-bond acceptors (Lipinski definition) is 5. The zero-order chi connectivity index (χ0) is 28.1. The van der Waals surface area contributed by atoms with Gasteiger partial charge in [0, 0.05) is 30.9 Å². The molecule has 0 N–H and O–H groups in total. The van der Waals surface area contributed by atoms with Crippen molar-refractivity contribution in [2.24, 2.45) is 0 Å². The monoisotopic (exact) mass is 553 g/mol. The number of esters is 1. The Morgan fingerprint density at radius 2 is 1.57 bits per heavy atom. The van der Waals surface area contributed by atoms with Crippen LogP contribution in [-0.4, -0.2) is 46.4 Å². The Hall–Kier alpha value is -4.62. The van der Waals surface area contributed by atoms with Crippen molar-refractivity contribution in [2.75, 3.05) is 14.2 Å². The minimum absolute atomic E-state index is 0.231. The summed E-state index contributed by atoms with van der Waals surface area (Å²) in [6, 6.07) is 27.9. The summed E-state index contributed by atoms with van der Waals surface area (Å²) in [6.07, 6.45) is 3.85. The summed E-state index contributed by atoms with van der Waals surface area (Å²) >= 11 is 6.02. The van der Waals surface area contributed by atoms with E-state index in [0.717, 1.165) is 22.3 Å². The molecule has 0 saturated carbocycles. The third kappa shape index (κ3) is 6.16. The average Bonchev–Trinajstić information content (AvgIpc) is 3.43. The van der Waals surface area contributed by atoms with Gasteiger partial charge in [-0.05, 0) is 58.7 Å². The van der Waals surface area contributed by atoms with Crippen LogP contribution in [0.15, 0.2) is 103 Å². The fourth-order valence-corrected chi connectivity index (χ4v) is 4.56. The number of fused-ring (bicyclic) bond motifs is 1. The topological polar surface area (TPSA) is 73.1 Å². The summed E-state index contributed by atoms with van der Waals surface area (Å²) in [7, 11) is 2.90. The standard InChI is InChI=1S/C32H28ClN3O4/c1-35(31(37)28-20-36-19-25(12-17-30(36)34-28)24-10-13-26(33)14-11-24)29(32(38)39-2)18-22-8-15-27(16-9-22)40-21-23-6-4-3-5-7-23/h3-17,19-20,29H,18,21H2,1-2H3/t29-/m0/s1. The number of carbonyl (C=O) groups excluding carboxylic acids is 2. The van der Waals surface area contributed by atoms with Crippen LogP contribution in [0.3, 0.4) is 0 Å². The van der Waals surface area contributed by atoms with Crippen molar-refractivity contribution in [1.29, 1.82) is 0 Å². The molecule has 2 heterocycles. The van der Waals surface area contributed by atoms with Crippen LogP contribution < -0.4 is 4.74 Å². The van der Waals surface area contributed by atoms with Gasteiger partial charge in [-0.2, -0.15) is 0 Å². The predicted octanol–water partition coefficient (Wildman–Crippen LogP) is 6.09. The summed E-state index contributed by atoms with van der Waals surface area (Å²) in [5.41, 5.74) is 4.74. The number of hydrogen-bond donors (Lipinski definition) is 0. The van der Waals surface area contributed by atoms with Crippen LogP contribution in [0, 0.1) is 0 Å². The second kappa shape index (κ2) is 12.1. The molecule has 0 bridgehead atoms. The summed E-state index contributed by atoms with van der Waals surface area (Å²) in [5.74, 6) is -0.168. The maximum absolute atomic E-state index is 13.4. The Morgan fingerprint density at radius 3 is 2.27 bits per heavy atom. The largest absolute Gasteiger partial charge is 0.489 e. The van der Waals surface area contributed by atoms with Gasteiger partial charge in [-0.1, -0.05) is 66.2 Å². The number of nitrogens with zero attached hydrogens (tertiary/aromatic N) is 3. The summed E-state index contributed by atoms with van der Waals surface area (Å²) in [4.78, 5) is 32.1. The van der Waals surface area contributed by atoms with E-state index in [4.69, 9.17) is 21.1 Å². The molecule has 0 aliphatic heterocycles. The number of aromatic nitrogens is 2. The Morgan fingerprint density at radius 1 is 0.875 bits per heavy atom. The van der Waals surface area contributed by atoms with Crippen molar-refractivity contribution >= 4 is 29.1 Å². The lowest BCUT2D eigenvalue weighted by molar-refractivity contribution is -0.145. The van der Waals surface area contributed by atoms with Gasteiger partial charge in [0.15, 0.2) is 0 Å². The van der Waals surface area contributed by atoms with Gasteiger partial charge in [0.05, 0.1) is 7.11 Å². The highest BCUT2D eigenvalue weighted by molar-refractivity contribution is 6.30. The van der Waals surface area contributed by atoms with Gasteiger partial charge in [-0.15, -0.1) is 0 Å². The number of benzene rings is 3. The van der Waals surface area contributed by atoms with Crippen LogP contribution in [-0.2, 0) is 22.6 Å². The van der Waals surface area contributed by atoms with Gasteiger partial charge in [-0.3, -0.25) is 4.79 Å². The zero-order valence-electron chi connectivity index (χ0n) is 22.2. The van der Waals surface area contributed by atoms with Gasteiger partial charge in [0.1, 0.15) is 29.7 Å². The smallest absolute Gasteiger partial charge is 0.328 e. The molecule has 7 nitrogen and oxygen atoms in total. The lowest BCUT2D eigenvalue weighted by Crippen LogP contribution is -2.44. The van der Waals surface area contributed by atoms with E-state index >= 15 is 0 Å². The second-order valence-corrected chi connectivity index (χ2v) is 9.83. The molecule has 1 atom stereocenters. The molecular formula is C32H28ClN3O4. The molecule has 0 aliphatic carbocycles. The molecule has 202 valence electrons. The third-order valence-electron chi connectivity index (χ3n) is 6.71. The molecule has 0 saturated heterocycles. The second-order valence-electron chi connectivity index (χ2n) is 9.39. The van der Waals surface area contributed by atoms with Crippen molar-refractivity contribution in [3.8, 4) is 16.9 Å². The predicted molar refractivity (Wildman–Crippen MR) is 154 cm³/mol. The van der Waals surface area contributed by atoms with Crippen molar-refractivity contribution in [2.45, 2.75) is 19.1 Å². The average molecular weight is 554 g/mol. The van der Waals surface area contributed by atoms with Crippen LogP contribution in [0.2, 0.25) is 5.02 Å². The molecule has 1 amide bonds. The number of amides is 1. The van der Waals surface area contributed by atoms with Crippen molar-refractivity contribution in [1.82, 2.24) is 14.3 Å². The molecule has 5 rings (SSSR count). The van der Waals surface area contributed by atoms with Crippen LogP contribution in [0.25, 0.3) is 16.8 Å². The molecule has 2 aromatic heterocycles. The number of ether oxygens (including phenoxy) is 2. The quantitative estimate of drug-likeness (QED) is 0.207. The molecule has 40 heavy (non-hydrogen) atoms. The molecule has 0 aliphatic rings. The summed E-state index contributed by atoms with van der Waals surface area (Å²) in [5, 5.41) is 0.663. The van der Waals surface area contributed by atoms with Crippen LogP contribution in [0.1, 0.15) is 21.6 Å². The number of likely N-dealkylation sites (N-methyl/N-ethyl adjacent to an activating group) is 1. The number of pyridine rings is 1. The molecule has 5 aromatic rings. The van der Waals surface area contributed by atoms with Gasteiger partial charge in [0.2, 0.25) is 0 Å². The first kappa shape index (κ1) is 27.0. The molecule has 0 spiro atoms. The normalized spacial score (nSPS) is 11.7. The number of carbonyl (C=O) groups is 2. The Balaban J connectivity index is 1.30. The van der Waals surface area contributed by atoms with Crippen LogP contribution in [0.5, 0.6) is 5.75 Å². The van der Waals surface area contributed by atoms with E-state index in [1.807, 2.05) is 97.2 Å². The van der Waals surface area contributed by atoms with Crippen LogP contribution >= 0.6 is 11.6 Å². The van der Waals surface area contributed by atoms with Crippen molar-refractivity contribution in [3.63, 3.8) is 0 Å². The Labute approximate surface area is 237 Å². The first-order chi connectivity index (χ1) is 19.4.